The molecule has 2 nitrogen and oxygen atoms in total. The molecule has 1 heterocycles. The van der Waals surface area contributed by atoms with Crippen molar-refractivity contribution in [3.63, 3.8) is 0 Å². The van der Waals surface area contributed by atoms with Crippen LogP contribution in [0.3, 0.4) is 0 Å². The molecule has 0 unspecified atom stereocenters. The fourth-order valence-electron chi connectivity index (χ4n) is 2.56. The van der Waals surface area contributed by atoms with Gasteiger partial charge in [-0.05, 0) is 44.7 Å². The number of benzene rings is 1. The molecule has 0 spiro atoms. The van der Waals surface area contributed by atoms with Gasteiger partial charge in [-0.15, -0.1) is 0 Å². The fraction of sp³-hybridized carbons (Fsp3) is 0.600. The van der Waals surface area contributed by atoms with Crippen LogP contribution in [0.1, 0.15) is 24.0 Å². The minimum Gasteiger partial charge on any atom is -0.329 e. The average molecular weight is 264 g/mol. The summed E-state index contributed by atoms with van der Waals surface area (Å²) in [6, 6.07) is 8.89. The Balaban J connectivity index is 1.88. The van der Waals surface area contributed by atoms with Crippen LogP contribution in [0, 0.1) is 6.92 Å². The summed E-state index contributed by atoms with van der Waals surface area (Å²) in [6.07, 6.45) is 4.63. The molecule has 18 heavy (non-hydrogen) atoms. The lowest BCUT2D eigenvalue weighted by atomic mass is 9.95. The van der Waals surface area contributed by atoms with Gasteiger partial charge in [0.15, 0.2) is 0 Å². The molecule has 1 aliphatic rings. The van der Waals surface area contributed by atoms with Crippen molar-refractivity contribution < 1.29 is 0 Å². The van der Waals surface area contributed by atoms with E-state index in [0.29, 0.717) is 4.75 Å². The third-order valence-corrected chi connectivity index (χ3v) is 5.54. The molecule has 1 aliphatic heterocycles. The smallest absolute Gasteiger partial charge is 0.0303 e. The van der Waals surface area contributed by atoms with Gasteiger partial charge in [0, 0.05) is 17.8 Å². The summed E-state index contributed by atoms with van der Waals surface area (Å²) < 4.78 is 0.337. The van der Waals surface area contributed by atoms with Crippen LogP contribution in [-0.2, 0) is 6.54 Å². The van der Waals surface area contributed by atoms with E-state index in [1.54, 1.807) is 0 Å². The van der Waals surface area contributed by atoms with E-state index in [4.69, 9.17) is 5.73 Å². The molecule has 0 bridgehead atoms. The Morgan fingerprint density at radius 2 is 1.83 bits per heavy atom. The van der Waals surface area contributed by atoms with E-state index >= 15 is 0 Å². The summed E-state index contributed by atoms with van der Waals surface area (Å²) in [6.45, 7) is 6.37. The molecule has 0 aromatic heterocycles. The van der Waals surface area contributed by atoms with Gasteiger partial charge in [0.1, 0.15) is 0 Å². The van der Waals surface area contributed by atoms with E-state index in [1.807, 2.05) is 11.8 Å². The van der Waals surface area contributed by atoms with Gasteiger partial charge in [0.2, 0.25) is 0 Å². The first-order valence-corrected chi connectivity index (χ1v) is 7.93. The molecular weight excluding hydrogens is 240 g/mol. The predicted molar refractivity (Wildman–Crippen MR) is 81.0 cm³/mol. The Morgan fingerprint density at radius 1 is 1.22 bits per heavy atom. The zero-order chi connectivity index (χ0) is 13.0. The number of likely N-dealkylation sites (tertiary alicyclic amines) is 1. The van der Waals surface area contributed by atoms with Crippen LogP contribution in [0.15, 0.2) is 24.3 Å². The zero-order valence-corrected chi connectivity index (χ0v) is 12.3. The molecule has 3 heteroatoms. The molecule has 1 saturated heterocycles. The normalized spacial score (nSPS) is 19.9. The standard InChI is InChI=1S/C15H24N2S/c1-13-3-5-14(6-4-13)11-17-9-7-15(12-16,18-2)8-10-17/h3-6H,7-12,16H2,1-2H3. The molecule has 1 fully saturated rings. The van der Waals surface area contributed by atoms with Crippen molar-refractivity contribution in [2.24, 2.45) is 5.73 Å². The largest absolute Gasteiger partial charge is 0.329 e. The molecule has 0 amide bonds. The lowest BCUT2D eigenvalue weighted by molar-refractivity contribution is 0.195. The number of piperidine rings is 1. The van der Waals surface area contributed by atoms with Crippen LogP contribution in [0.2, 0.25) is 0 Å². The summed E-state index contributed by atoms with van der Waals surface area (Å²) in [7, 11) is 0. The molecule has 1 aromatic carbocycles. The average Bonchev–Trinajstić information content (AvgIpc) is 2.43. The molecule has 2 rings (SSSR count). The number of nitrogens with two attached hydrogens (primary N) is 1. The summed E-state index contributed by atoms with van der Waals surface area (Å²) in [5, 5.41) is 0. The molecule has 0 saturated carbocycles. The zero-order valence-electron chi connectivity index (χ0n) is 11.5. The molecule has 0 aliphatic carbocycles. The minimum absolute atomic E-state index is 0.337. The highest BCUT2D eigenvalue weighted by Crippen LogP contribution is 2.33. The maximum Gasteiger partial charge on any atom is 0.0303 e. The lowest BCUT2D eigenvalue weighted by Gasteiger charge is -2.40. The Kier molecular flexibility index (Phi) is 4.71. The van der Waals surface area contributed by atoms with Crippen molar-refractivity contribution in [1.82, 2.24) is 4.90 Å². The van der Waals surface area contributed by atoms with Crippen molar-refractivity contribution >= 4 is 11.8 Å². The second-order valence-corrected chi connectivity index (χ2v) is 6.63. The van der Waals surface area contributed by atoms with Crippen LogP contribution in [-0.4, -0.2) is 35.5 Å². The number of aryl methyl sites for hydroxylation is 1. The number of thioether (sulfide) groups is 1. The maximum absolute atomic E-state index is 5.92. The number of hydrogen-bond donors (Lipinski definition) is 1. The highest BCUT2D eigenvalue weighted by Gasteiger charge is 2.32. The van der Waals surface area contributed by atoms with Gasteiger partial charge in [-0.2, -0.15) is 11.8 Å². The van der Waals surface area contributed by atoms with Crippen molar-refractivity contribution in [3.8, 4) is 0 Å². The second kappa shape index (κ2) is 6.09. The van der Waals surface area contributed by atoms with Gasteiger partial charge in [0.25, 0.3) is 0 Å². The maximum atomic E-state index is 5.92. The third kappa shape index (κ3) is 3.28. The van der Waals surface area contributed by atoms with Crippen LogP contribution >= 0.6 is 11.8 Å². The van der Waals surface area contributed by atoms with Crippen molar-refractivity contribution in [1.29, 1.82) is 0 Å². The summed E-state index contributed by atoms with van der Waals surface area (Å²) in [5.41, 5.74) is 8.68. The Hall–Kier alpha value is -0.510. The lowest BCUT2D eigenvalue weighted by Crippen LogP contribution is -2.46. The van der Waals surface area contributed by atoms with E-state index in [2.05, 4.69) is 42.3 Å². The van der Waals surface area contributed by atoms with Gasteiger partial charge in [-0.1, -0.05) is 29.8 Å². The first-order chi connectivity index (χ1) is 8.67. The van der Waals surface area contributed by atoms with Gasteiger partial charge < -0.3 is 5.73 Å². The van der Waals surface area contributed by atoms with Crippen LogP contribution in [0.4, 0.5) is 0 Å². The van der Waals surface area contributed by atoms with Crippen molar-refractivity contribution in [2.45, 2.75) is 31.1 Å². The molecule has 0 radical (unpaired) electrons. The number of nitrogens with zero attached hydrogens (tertiary/aromatic N) is 1. The summed E-state index contributed by atoms with van der Waals surface area (Å²) in [5.74, 6) is 0. The van der Waals surface area contributed by atoms with E-state index in [-0.39, 0.29) is 0 Å². The Morgan fingerprint density at radius 3 is 2.33 bits per heavy atom. The summed E-state index contributed by atoms with van der Waals surface area (Å²) >= 11 is 1.95. The molecule has 0 atom stereocenters. The Bertz CT molecular complexity index is 361. The monoisotopic (exact) mass is 264 g/mol. The molecular formula is C15H24N2S. The Labute approximate surface area is 115 Å². The van der Waals surface area contributed by atoms with E-state index in [1.165, 1.54) is 37.1 Å². The van der Waals surface area contributed by atoms with Gasteiger partial charge >= 0.3 is 0 Å². The van der Waals surface area contributed by atoms with E-state index in [0.717, 1.165) is 13.1 Å². The first kappa shape index (κ1) is 13.9. The van der Waals surface area contributed by atoms with Crippen LogP contribution in [0.5, 0.6) is 0 Å². The second-order valence-electron chi connectivity index (χ2n) is 5.35. The van der Waals surface area contributed by atoms with E-state index < -0.39 is 0 Å². The van der Waals surface area contributed by atoms with Crippen molar-refractivity contribution in [2.75, 3.05) is 25.9 Å². The number of hydrogen-bond acceptors (Lipinski definition) is 3. The topological polar surface area (TPSA) is 29.3 Å². The minimum atomic E-state index is 0.337. The SMILES string of the molecule is CSC1(CN)CCN(Cc2ccc(C)cc2)CC1. The summed E-state index contributed by atoms with van der Waals surface area (Å²) in [4.78, 5) is 2.55. The van der Waals surface area contributed by atoms with Gasteiger partial charge in [0.05, 0.1) is 0 Å². The predicted octanol–water partition coefficient (Wildman–Crippen LogP) is 2.65. The molecule has 100 valence electrons. The van der Waals surface area contributed by atoms with Gasteiger partial charge in [-0.3, -0.25) is 4.90 Å². The quantitative estimate of drug-likeness (QED) is 0.906. The van der Waals surface area contributed by atoms with Crippen molar-refractivity contribution in [3.05, 3.63) is 35.4 Å². The van der Waals surface area contributed by atoms with Gasteiger partial charge in [-0.25, -0.2) is 0 Å². The fourth-order valence-corrected chi connectivity index (χ4v) is 3.32. The molecule has 2 N–H and O–H groups in total. The highest BCUT2D eigenvalue weighted by molar-refractivity contribution is 8.00. The van der Waals surface area contributed by atoms with Crippen LogP contribution < -0.4 is 5.73 Å². The number of rotatable bonds is 4. The van der Waals surface area contributed by atoms with E-state index in [9.17, 15) is 0 Å². The highest BCUT2D eigenvalue weighted by atomic mass is 32.2. The molecule has 1 aromatic rings. The third-order valence-electron chi connectivity index (χ3n) is 4.10. The van der Waals surface area contributed by atoms with Crippen LogP contribution in [0.25, 0.3) is 0 Å². The first-order valence-electron chi connectivity index (χ1n) is 6.70.